The second-order valence-corrected chi connectivity index (χ2v) is 5.89. The molecule has 2 aliphatic rings. The molecule has 2 fully saturated rings. The van der Waals surface area contributed by atoms with Crippen LogP contribution in [0.25, 0.3) is 0 Å². The number of benzene rings is 1. The summed E-state index contributed by atoms with van der Waals surface area (Å²) in [7, 11) is 0. The van der Waals surface area contributed by atoms with Gasteiger partial charge in [-0.25, -0.2) is 9.18 Å². The van der Waals surface area contributed by atoms with Crippen LogP contribution < -0.4 is 4.90 Å². The van der Waals surface area contributed by atoms with E-state index in [4.69, 9.17) is 9.84 Å². The maximum absolute atomic E-state index is 14.4. The van der Waals surface area contributed by atoms with Crippen LogP contribution in [-0.2, 0) is 11.3 Å². The monoisotopic (exact) mass is 323 g/mol. The van der Waals surface area contributed by atoms with Crippen molar-refractivity contribution in [2.45, 2.75) is 6.54 Å². The molecule has 1 aromatic carbocycles. The van der Waals surface area contributed by atoms with Gasteiger partial charge >= 0.3 is 6.09 Å². The fourth-order valence-corrected chi connectivity index (χ4v) is 3.17. The summed E-state index contributed by atoms with van der Waals surface area (Å²) in [6.07, 6.45) is -0.871. The number of halogens is 1. The number of ether oxygens (including phenoxy) is 1. The van der Waals surface area contributed by atoms with Crippen molar-refractivity contribution in [1.29, 1.82) is 0 Å². The molecular weight excluding hydrogens is 301 g/mol. The molecule has 1 aromatic rings. The zero-order valence-electron chi connectivity index (χ0n) is 13.1. The van der Waals surface area contributed by atoms with E-state index in [1.54, 1.807) is 6.07 Å². The summed E-state index contributed by atoms with van der Waals surface area (Å²) in [4.78, 5) is 16.6. The fraction of sp³-hybridized carbons (Fsp3) is 0.562. The van der Waals surface area contributed by atoms with E-state index in [9.17, 15) is 9.18 Å². The van der Waals surface area contributed by atoms with Crippen LogP contribution in [0.15, 0.2) is 18.2 Å². The molecule has 0 atom stereocenters. The third-order valence-electron chi connectivity index (χ3n) is 4.43. The first-order valence-corrected chi connectivity index (χ1v) is 7.95. The van der Waals surface area contributed by atoms with Gasteiger partial charge in [-0.3, -0.25) is 4.90 Å². The predicted molar refractivity (Wildman–Crippen MR) is 84.3 cm³/mol. The van der Waals surface area contributed by atoms with Gasteiger partial charge in [0.15, 0.2) is 0 Å². The third-order valence-corrected chi connectivity index (χ3v) is 4.43. The topological polar surface area (TPSA) is 56.2 Å². The van der Waals surface area contributed by atoms with Crippen LogP contribution in [0.5, 0.6) is 0 Å². The number of nitrogens with zero attached hydrogens (tertiary/aromatic N) is 3. The van der Waals surface area contributed by atoms with Gasteiger partial charge in [0.1, 0.15) is 5.82 Å². The number of para-hydroxylation sites is 1. The van der Waals surface area contributed by atoms with Crippen molar-refractivity contribution in [3.05, 3.63) is 29.6 Å². The van der Waals surface area contributed by atoms with Gasteiger partial charge in [0.05, 0.1) is 18.9 Å². The van der Waals surface area contributed by atoms with E-state index in [0.717, 1.165) is 5.56 Å². The minimum Gasteiger partial charge on any atom is -0.465 e. The summed E-state index contributed by atoms with van der Waals surface area (Å²) in [6, 6.07) is 5.19. The van der Waals surface area contributed by atoms with E-state index in [1.165, 1.54) is 11.0 Å². The molecule has 7 heteroatoms. The molecular formula is C16H22FN3O3. The Kier molecular flexibility index (Phi) is 4.97. The van der Waals surface area contributed by atoms with E-state index in [1.807, 2.05) is 11.0 Å². The van der Waals surface area contributed by atoms with Crippen molar-refractivity contribution < 1.29 is 19.0 Å². The van der Waals surface area contributed by atoms with Crippen LogP contribution in [0.2, 0.25) is 0 Å². The molecule has 1 N–H and O–H groups in total. The van der Waals surface area contributed by atoms with Gasteiger partial charge in [-0.05, 0) is 11.6 Å². The number of rotatable bonds is 3. The molecule has 0 spiro atoms. The van der Waals surface area contributed by atoms with Crippen molar-refractivity contribution >= 4 is 11.8 Å². The summed E-state index contributed by atoms with van der Waals surface area (Å²) < 4.78 is 19.7. The van der Waals surface area contributed by atoms with Crippen LogP contribution in [0, 0.1) is 5.82 Å². The molecule has 2 aliphatic heterocycles. The largest absolute Gasteiger partial charge is 0.465 e. The second kappa shape index (κ2) is 7.14. The number of carboxylic acid groups (broad SMARTS) is 1. The number of piperazine rings is 1. The molecule has 0 aliphatic carbocycles. The summed E-state index contributed by atoms with van der Waals surface area (Å²) in [6.45, 7) is 5.60. The lowest BCUT2D eigenvalue weighted by Crippen LogP contribution is -2.48. The second-order valence-electron chi connectivity index (χ2n) is 5.89. The number of morpholine rings is 1. The number of carbonyl (C=O) groups is 1. The number of hydrogen-bond acceptors (Lipinski definition) is 4. The maximum Gasteiger partial charge on any atom is 0.407 e. The summed E-state index contributed by atoms with van der Waals surface area (Å²) in [5.41, 5.74) is 1.62. The lowest BCUT2D eigenvalue weighted by molar-refractivity contribution is 0.103. The Morgan fingerprint density at radius 2 is 1.83 bits per heavy atom. The summed E-state index contributed by atoms with van der Waals surface area (Å²) >= 11 is 0. The highest BCUT2D eigenvalue weighted by molar-refractivity contribution is 5.65. The van der Waals surface area contributed by atoms with Gasteiger partial charge in [-0.2, -0.15) is 0 Å². The Hall–Kier alpha value is -1.86. The van der Waals surface area contributed by atoms with Gasteiger partial charge in [-0.1, -0.05) is 12.1 Å². The van der Waals surface area contributed by atoms with E-state index in [-0.39, 0.29) is 5.82 Å². The average molecular weight is 323 g/mol. The third kappa shape index (κ3) is 3.73. The Bertz CT molecular complexity index is 556. The zero-order valence-corrected chi connectivity index (χ0v) is 13.1. The van der Waals surface area contributed by atoms with Crippen molar-refractivity contribution in [2.24, 2.45) is 0 Å². The average Bonchev–Trinajstić information content (AvgIpc) is 2.56. The van der Waals surface area contributed by atoms with E-state index in [0.29, 0.717) is 64.7 Å². The molecule has 0 unspecified atom stereocenters. The molecule has 23 heavy (non-hydrogen) atoms. The summed E-state index contributed by atoms with van der Waals surface area (Å²) in [5, 5.41) is 9.00. The van der Waals surface area contributed by atoms with E-state index >= 15 is 0 Å². The van der Waals surface area contributed by atoms with Crippen molar-refractivity contribution in [1.82, 2.24) is 9.80 Å². The Morgan fingerprint density at radius 3 is 2.48 bits per heavy atom. The minimum atomic E-state index is -0.871. The Balaban J connectivity index is 1.70. The smallest absolute Gasteiger partial charge is 0.407 e. The van der Waals surface area contributed by atoms with E-state index in [2.05, 4.69) is 4.90 Å². The molecule has 2 heterocycles. The van der Waals surface area contributed by atoms with E-state index < -0.39 is 6.09 Å². The standard InChI is InChI=1S/C16H22FN3O3/c17-14-3-1-2-13(15(14)19-8-10-23-11-9-19)12-18-4-6-20(7-5-18)16(21)22/h1-3H,4-12H2,(H,21,22). The van der Waals surface area contributed by atoms with Crippen molar-refractivity contribution in [3.8, 4) is 0 Å². The van der Waals surface area contributed by atoms with Crippen LogP contribution >= 0.6 is 0 Å². The molecule has 6 nitrogen and oxygen atoms in total. The van der Waals surface area contributed by atoms with Gasteiger partial charge in [0, 0.05) is 45.8 Å². The SMILES string of the molecule is O=C(O)N1CCN(Cc2cccc(F)c2N2CCOCC2)CC1. The molecule has 0 bridgehead atoms. The first-order valence-electron chi connectivity index (χ1n) is 7.95. The highest BCUT2D eigenvalue weighted by Crippen LogP contribution is 2.27. The molecule has 3 rings (SSSR count). The predicted octanol–water partition coefficient (Wildman–Crippen LogP) is 1.46. The molecule has 126 valence electrons. The molecule has 0 aromatic heterocycles. The van der Waals surface area contributed by atoms with Gasteiger partial charge in [0.2, 0.25) is 0 Å². The molecule has 0 radical (unpaired) electrons. The van der Waals surface area contributed by atoms with Gasteiger partial charge in [-0.15, -0.1) is 0 Å². The fourth-order valence-electron chi connectivity index (χ4n) is 3.17. The summed E-state index contributed by atoms with van der Waals surface area (Å²) in [5.74, 6) is -0.200. The van der Waals surface area contributed by atoms with Gasteiger partial charge in [0.25, 0.3) is 0 Å². The van der Waals surface area contributed by atoms with Crippen LogP contribution in [-0.4, -0.2) is 73.5 Å². The number of anilines is 1. The number of amides is 1. The molecule has 2 saturated heterocycles. The molecule has 1 amide bonds. The van der Waals surface area contributed by atoms with Crippen LogP contribution in [0.3, 0.4) is 0 Å². The van der Waals surface area contributed by atoms with Crippen molar-refractivity contribution in [2.75, 3.05) is 57.4 Å². The van der Waals surface area contributed by atoms with Crippen LogP contribution in [0.4, 0.5) is 14.9 Å². The van der Waals surface area contributed by atoms with Gasteiger partial charge < -0.3 is 19.6 Å². The highest BCUT2D eigenvalue weighted by Gasteiger charge is 2.23. The zero-order chi connectivity index (χ0) is 16.2. The first-order chi connectivity index (χ1) is 11.1. The lowest BCUT2D eigenvalue weighted by Gasteiger charge is -2.35. The van der Waals surface area contributed by atoms with Crippen LogP contribution in [0.1, 0.15) is 5.56 Å². The normalized spacial score (nSPS) is 19.9. The number of hydrogen-bond donors (Lipinski definition) is 1. The maximum atomic E-state index is 14.4. The van der Waals surface area contributed by atoms with Crippen molar-refractivity contribution in [3.63, 3.8) is 0 Å². The minimum absolute atomic E-state index is 0.200. The highest BCUT2D eigenvalue weighted by atomic mass is 19.1. The first kappa shape index (κ1) is 16.0. The lowest BCUT2D eigenvalue weighted by atomic mass is 10.1. The Morgan fingerprint density at radius 1 is 1.13 bits per heavy atom. The quantitative estimate of drug-likeness (QED) is 0.913. The Labute approximate surface area is 135 Å². The molecule has 0 saturated carbocycles.